The number of aliphatic hydroxyl groups is 6. The number of rotatable bonds is 5. The topological polar surface area (TPSA) is 140 Å². The molecule has 1 aliphatic heterocycles. The molecular formula is C16H28O8. The van der Waals surface area contributed by atoms with Crippen LogP contribution >= 0.6 is 0 Å². The molecule has 2 fully saturated rings. The Hall–Kier alpha value is -0.580. The Bertz CT molecular complexity index is 438. The van der Waals surface area contributed by atoms with Crippen LogP contribution in [-0.2, 0) is 9.47 Å². The third-order valence-electron chi connectivity index (χ3n) is 5.12. The lowest BCUT2D eigenvalue weighted by Crippen LogP contribution is -2.61. The minimum atomic E-state index is -1.53. The Balaban J connectivity index is 2.09. The summed E-state index contributed by atoms with van der Waals surface area (Å²) in [4.78, 5) is 0. The first-order chi connectivity index (χ1) is 11.2. The van der Waals surface area contributed by atoms with Gasteiger partial charge in [-0.1, -0.05) is 6.58 Å². The highest BCUT2D eigenvalue weighted by Crippen LogP contribution is 2.38. The molecule has 0 spiro atoms. The molecule has 8 heteroatoms. The van der Waals surface area contributed by atoms with Crippen LogP contribution in [0.2, 0.25) is 0 Å². The van der Waals surface area contributed by atoms with Crippen molar-refractivity contribution < 1.29 is 40.1 Å². The highest BCUT2D eigenvalue weighted by Gasteiger charge is 2.48. The molecule has 1 aliphatic carbocycles. The molecule has 1 saturated carbocycles. The van der Waals surface area contributed by atoms with Crippen molar-refractivity contribution in [2.24, 2.45) is 5.92 Å². The second kappa shape index (κ2) is 7.76. The summed E-state index contributed by atoms with van der Waals surface area (Å²) in [5.74, 6) is -0.0369. The fourth-order valence-electron chi connectivity index (χ4n) is 3.30. The Kier molecular flexibility index (Phi) is 6.38. The second-order valence-corrected chi connectivity index (χ2v) is 6.97. The average molecular weight is 348 g/mol. The van der Waals surface area contributed by atoms with Crippen LogP contribution in [0.4, 0.5) is 0 Å². The summed E-state index contributed by atoms with van der Waals surface area (Å²) in [6.45, 7) is 4.73. The third-order valence-corrected chi connectivity index (χ3v) is 5.12. The molecule has 2 aliphatic rings. The minimum absolute atomic E-state index is 0.0369. The normalized spacial score (nSPS) is 46.7. The molecule has 1 saturated heterocycles. The first-order valence-corrected chi connectivity index (χ1v) is 8.18. The van der Waals surface area contributed by atoms with Gasteiger partial charge in [-0.25, -0.2) is 0 Å². The van der Waals surface area contributed by atoms with Gasteiger partial charge in [0.2, 0.25) is 0 Å². The van der Waals surface area contributed by atoms with Gasteiger partial charge in [0.15, 0.2) is 6.29 Å². The number of hydrogen-bond donors (Lipinski definition) is 6. The van der Waals surface area contributed by atoms with Crippen LogP contribution in [0.5, 0.6) is 0 Å². The Labute approximate surface area is 141 Å². The molecule has 0 amide bonds. The van der Waals surface area contributed by atoms with Gasteiger partial charge >= 0.3 is 0 Å². The van der Waals surface area contributed by atoms with Crippen molar-refractivity contribution in [2.75, 3.05) is 13.2 Å². The largest absolute Gasteiger partial charge is 0.394 e. The summed E-state index contributed by atoms with van der Waals surface area (Å²) < 4.78 is 11.0. The van der Waals surface area contributed by atoms with E-state index in [9.17, 15) is 30.6 Å². The zero-order chi connectivity index (χ0) is 18.1. The van der Waals surface area contributed by atoms with Gasteiger partial charge in [-0.05, 0) is 37.7 Å². The minimum Gasteiger partial charge on any atom is -0.394 e. The van der Waals surface area contributed by atoms with E-state index in [-0.39, 0.29) is 12.5 Å². The van der Waals surface area contributed by atoms with Gasteiger partial charge in [0.05, 0.1) is 24.9 Å². The maximum atomic E-state index is 10.5. The fourth-order valence-corrected chi connectivity index (χ4v) is 3.30. The number of aliphatic hydroxyl groups excluding tert-OH is 5. The van der Waals surface area contributed by atoms with Gasteiger partial charge in [0.25, 0.3) is 0 Å². The van der Waals surface area contributed by atoms with E-state index in [1.165, 1.54) is 0 Å². The summed E-state index contributed by atoms with van der Waals surface area (Å²) in [6, 6.07) is 0. The van der Waals surface area contributed by atoms with Gasteiger partial charge in [0.1, 0.15) is 24.4 Å². The lowest BCUT2D eigenvalue weighted by Gasteiger charge is -2.46. The van der Waals surface area contributed by atoms with E-state index < -0.39 is 49.0 Å². The molecule has 0 aromatic heterocycles. The fraction of sp³-hybridized carbons (Fsp3) is 0.875. The summed E-state index contributed by atoms with van der Waals surface area (Å²) in [7, 11) is 0. The SMILES string of the molecule is C=C(CO)[C@@H]1CC[C@](C)(O)[C@@H](O[C@@H]2O[C@H](CO)[C@@H](O)[C@H](O)[C@H]2O)C1. The van der Waals surface area contributed by atoms with Gasteiger partial charge < -0.3 is 40.1 Å². The van der Waals surface area contributed by atoms with Gasteiger partial charge in [-0.3, -0.25) is 0 Å². The van der Waals surface area contributed by atoms with Crippen LogP contribution < -0.4 is 0 Å². The van der Waals surface area contributed by atoms with Gasteiger partial charge in [0, 0.05) is 0 Å². The third kappa shape index (κ3) is 3.97. The van der Waals surface area contributed by atoms with Crippen molar-refractivity contribution in [3.8, 4) is 0 Å². The van der Waals surface area contributed by atoms with Crippen LogP contribution in [0.3, 0.4) is 0 Å². The molecule has 8 atom stereocenters. The average Bonchev–Trinajstić information content (AvgIpc) is 2.56. The maximum Gasteiger partial charge on any atom is 0.187 e. The van der Waals surface area contributed by atoms with E-state index in [1.807, 2.05) is 0 Å². The zero-order valence-electron chi connectivity index (χ0n) is 13.8. The zero-order valence-corrected chi connectivity index (χ0v) is 13.8. The predicted molar refractivity (Wildman–Crippen MR) is 82.8 cm³/mol. The molecule has 0 bridgehead atoms. The van der Waals surface area contributed by atoms with E-state index >= 15 is 0 Å². The monoisotopic (exact) mass is 348 g/mol. The van der Waals surface area contributed by atoms with Crippen molar-refractivity contribution >= 4 is 0 Å². The molecule has 1 heterocycles. The van der Waals surface area contributed by atoms with Crippen molar-refractivity contribution in [3.05, 3.63) is 12.2 Å². The summed E-state index contributed by atoms with van der Waals surface area (Å²) in [5, 5.41) is 58.7. The summed E-state index contributed by atoms with van der Waals surface area (Å²) in [5.41, 5.74) is -0.529. The Morgan fingerprint density at radius 3 is 2.46 bits per heavy atom. The molecule has 2 rings (SSSR count). The lowest BCUT2D eigenvalue weighted by molar-refractivity contribution is -0.326. The standard InChI is InChI=1S/C16H28O8/c1-8(6-17)9-3-4-16(2,22)11(5-9)24-15-14(21)13(20)12(19)10(7-18)23-15/h9-15,17-22H,1,3-7H2,2H3/t9-,10-,11+,12-,13+,14-,15+,16+/m1/s1. The highest BCUT2D eigenvalue weighted by molar-refractivity contribution is 5.06. The predicted octanol–water partition coefficient (Wildman–Crippen LogP) is -1.73. The molecule has 140 valence electrons. The van der Waals surface area contributed by atoms with E-state index in [2.05, 4.69) is 6.58 Å². The second-order valence-electron chi connectivity index (χ2n) is 6.97. The van der Waals surface area contributed by atoms with Crippen molar-refractivity contribution in [1.29, 1.82) is 0 Å². The van der Waals surface area contributed by atoms with Crippen molar-refractivity contribution in [2.45, 2.75) is 68.6 Å². The van der Waals surface area contributed by atoms with E-state index in [0.717, 1.165) is 0 Å². The van der Waals surface area contributed by atoms with Gasteiger partial charge in [-0.2, -0.15) is 0 Å². The van der Waals surface area contributed by atoms with Crippen LogP contribution in [0.15, 0.2) is 12.2 Å². The smallest absolute Gasteiger partial charge is 0.187 e. The molecule has 0 radical (unpaired) electrons. The van der Waals surface area contributed by atoms with Crippen LogP contribution in [0, 0.1) is 5.92 Å². The maximum absolute atomic E-state index is 10.5. The molecule has 0 aromatic carbocycles. The van der Waals surface area contributed by atoms with E-state index in [1.54, 1.807) is 6.92 Å². The van der Waals surface area contributed by atoms with E-state index in [0.29, 0.717) is 24.8 Å². The molecular weight excluding hydrogens is 320 g/mol. The molecule has 0 unspecified atom stereocenters. The number of hydrogen-bond acceptors (Lipinski definition) is 8. The summed E-state index contributed by atoms with van der Waals surface area (Å²) >= 11 is 0. The number of ether oxygens (including phenoxy) is 2. The summed E-state index contributed by atoms with van der Waals surface area (Å²) in [6.07, 6.45) is -6.14. The lowest BCUT2D eigenvalue weighted by atomic mass is 9.75. The van der Waals surface area contributed by atoms with Crippen molar-refractivity contribution in [1.82, 2.24) is 0 Å². The first-order valence-electron chi connectivity index (χ1n) is 8.18. The van der Waals surface area contributed by atoms with Crippen LogP contribution in [0.25, 0.3) is 0 Å². The molecule has 24 heavy (non-hydrogen) atoms. The van der Waals surface area contributed by atoms with Gasteiger partial charge in [-0.15, -0.1) is 0 Å². The quantitative estimate of drug-likeness (QED) is 0.322. The first kappa shape index (κ1) is 19.7. The van der Waals surface area contributed by atoms with Crippen molar-refractivity contribution in [3.63, 3.8) is 0 Å². The molecule has 8 nitrogen and oxygen atoms in total. The van der Waals surface area contributed by atoms with Crippen LogP contribution in [-0.4, -0.2) is 86.3 Å². The molecule has 6 N–H and O–H groups in total. The van der Waals surface area contributed by atoms with Crippen LogP contribution in [0.1, 0.15) is 26.2 Å². The Morgan fingerprint density at radius 1 is 1.21 bits per heavy atom. The van der Waals surface area contributed by atoms with E-state index in [4.69, 9.17) is 9.47 Å². The Morgan fingerprint density at radius 2 is 1.88 bits per heavy atom. The highest BCUT2D eigenvalue weighted by atomic mass is 16.7. The molecule has 0 aromatic rings.